The normalized spacial score (nSPS) is 18.7. The van der Waals surface area contributed by atoms with E-state index in [0.717, 1.165) is 67.0 Å². The Morgan fingerprint density at radius 3 is 1.83 bits per heavy atom. The third-order valence-electron chi connectivity index (χ3n) is 22.7. The summed E-state index contributed by atoms with van der Waals surface area (Å²) in [5, 5.41) is 5.78. The van der Waals surface area contributed by atoms with Crippen molar-refractivity contribution in [2.45, 2.75) is 244 Å². The predicted molar refractivity (Wildman–Crippen MR) is 403 cm³/mol. The average Bonchev–Trinajstić information content (AvgIpc) is 1.68. The second kappa shape index (κ2) is 40.6. The fourth-order valence-corrected chi connectivity index (χ4v) is 15.6. The van der Waals surface area contributed by atoms with E-state index in [0.29, 0.717) is 50.9 Å². The minimum atomic E-state index is -5.04. The van der Waals surface area contributed by atoms with Gasteiger partial charge in [0.05, 0.1) is 44.3 Å². The molecule has 2 aromatic rings. The number of carbonyl (C=O) groups excluding carboxylic acids is 12. The van der Waals surface area contributed by atoms with Gasteiger partial charge in [0.1, 0.15) is 47.6 Å². The number of aryl methyl sites for hydroxylation is 2. The van der Waals surface area contributed by atoms with Crippen molar-refractivity contribution >= 4 is 70.9 Å². The maximum atomic E-state index is 15.7. The minimum Gasteiger partial charge on any atom is -0.372 e. The Balaban J connectivity index is 1.32. The van der Waals surface area contributed by atoms with Gasteiger partial charge >= 0.3 is 6.18 Å². The topological polar surface area (TPSA) is 293 Å². The number of rotatable bonds is 36. The number of nitrogens with one attached hydrogen (secondary N) is 2. The summed E-state index contributed by atoms with van der Waals surface area (Å²) in [6.07, 6.45) is 1.76. The Morgan fingerprint density at radius 2 is 1.24 bits per heavy atom. The lowest BCUT2D eigenvalue weighted by molar-refractivity contribution is -0.155. The van der Waals surface area contributed by atoms with Crippen molar-refractivity contribution in [3.8, 4) is 0 Å². The van der Waals surface area contributed by atoms with Gasteiger partial charge in [-0.25, -0.2) is 4.39 Å². The van der Waals surface area contributed by atoms with Crippen molar-refractivity contribution in [1.29, 1.82) is 0 Å². The van der Waals surface area contributed by atoms with Crippen LogP contribution in [0.25, 0.3) is 0 Å². The molecule has 6 rings (SSSR count). The lowest BCUT2D eigenvalue weighted by atomic mass is 9.84. The van der Waals surface area contributed by atoms with E-state index in [1.54, 1.807) is 11.8 Å². The molecule has 4 fully saturated rings. The first-order valence-electron chi connectivity index (χ1n) is 39.0. The number of alkyl halides is 3. The van der Waals surface area contributed by atoms with Gasteiger partial charge in [0, 0.05) is 81.3 Å². The van der Waals surface area contributed by atoms with Crippen LogP contribution in [0, 0.1) is 42.3 Å². The summed E-state index contributed by atoms with van der Waals surface area (Å²) in [6.45, 7) is 14.2. The quantitative estimate of drug-likeness (QED) is 0.0558. The zero-order valence-corrected chi connectivity index (χ0v) is 67.0. The molecule has 2 saturated heterocycles. The summed E-state index contributed by atoms with van der Waals surface area (Å²) >= 11 is 0. The zero-order valence-electron chi connectivity index (χ0n) is 67.0. The third kappa shape index (κ3) is 24.6. The Labute approximate surface area is 641 Å². The molecule has 25 nitrogen and oxygen atoms in total. The molecule has 2 aromatic carbocycles. The van der Waals surface area contributed by atoms with Gasteiger partial charge < -0.3 is 65.2 Å². The number of halogens is 4. The van der Waals surface area contributed by atoms with Crippen molar-refractivity contribution < 1.29 is 79.8 Å². The van der Waals surface area contributed by atoms with Crippen molar-refractivity contribution in [1.82, 2.24) is 54.7 Å². The highest BCUT2D eigenvalue weighted by Crippen LogP contribution is 2.37. The lowest BCUT2D eigenvalue weighted by Crippen LogP contribution is -2.64. The van der Waals surface area contributed by atoms with Gasteiger partial charge in [-0.3, -0.25) is 57.5 Å². The predicted octanol–water partition coefficient (Wildman–Crippen LogP) is 7.50. The molecule has 2 saturated carbocycles. The monoisotopic (exact) mass is 1530 g/mol. The molecule has 2 unspecified atom stereocenters. The van der Waals surface area contributed by atoms with E-state index in [1.807, 2.05) is 72.7 Å². The maximum absolute atomic E-state index is 15.7. The molecular weight excluding hydrogens is 1410 g/mol. The SMILES string of the molecule is CCC(C)C(C)C(=O)N(C)CC(=O)N(C)CC(=O)N(C)[C@@H](CC1CCCCC1)C(=O)N(C)CC(=O)N[C@@H](CCc1ccc(C(F)(F)F)c(F)c1)C(=O)N1C[C@H](OCc2cccc(C)c2)C[C@H]1C(=O)NC1(C(=O)N(C)[C@@H](CC(C)C)C(=O)N(C)[C@@H](CC(=O)N(C)[C@@H](CC(C)C)C(N)=O)C(=O)N2CCCCC2)CCCC1. The lowest BCUT2D eigenvalue weighted by Gasteiger charge is -2.41. The van der Waals surface area contributed by atoms with Crippen LogP contribution in [-0.4, -0.2) is 251 Å². The largest absolute Gasteiger partial charge is 0.419 e. The first-order chi connectivity index (χ1) is 51.2. The molecule has 29 heteroatoms. The van der Waals surface area contributed by atoms with E-state index in [1.165, 1.54) is 83.6 Å². The van der Waals surface area contributed by atoms with Crippen molar-refractivity contribution in [3.05, 3.63) is 70.5 Å². The van der Waals surface area contributed by atoms with Crippen LogP contribution in [-0.2, 0) is 81.5 Å². The van der Waals surface area contributed by atoms with E-state index < -0.39 is 150 Å². The number of nitrogens with zero attached hydrogens (tertiary/aromatic N) is 9. The Morgan fingerprint density at radius 1 is 0.642 bits per heavy atom. The smallest absolute Gasteiger partial charge is 0.372 e. The Kier molecular flexibility index (Phi) is 33.4. The molecule has 2 aliphatic heterocycles. The van der Waals surface area contributed by atoms with Crippen LogP contribution >= 0.6 is 0 Å². The number of nitrogens with two attached hydrogens (primary N) is 1. The van der Waals surface area contributed by atoms with Crippen LogP contribution < -0.4 is 16.4 Å². The first-order valence-corrected chi connectivity index (χ1v) is 39.0. The standard InChI is InChI=1S/C80H122F4N12O13/c1-16-53(7)54(8)73(103)90(11)47-69(99)88(9)48-70(100)92(13)65(42-55-27-19-17-20-28-55)75(105)89(10)46-67(97)86-61(33-31-56-30-32-59(60(81)41-56)80(82,83)84)74(104)96-45-58(109-49-57-29-25-26-52(6)40-57)43-63(96)72(102)87-79(34-21-22-35-79)78(108)94(15)64(39-51(4)5)76(106)93(14)66(77(107)95-36-23-18-24-37-95)44-68(98)91(12)62(71(85)101)38-50(2)3/h25-26,29-30,32,40-41,50-51,53-55,58,61-66H,16-24,27-28,31,33-39,42-49H2,1-15H3,(H2,85,101)(H,86,97)(H,87,102)/t53?,54?,58-,61+,62+,63+,64+,65+,66+/m1/s1. The molecule has 12 amide bonds. The van der Waals surface area contributed by atoms with Gasteiger partial charge in [-0.1, -0.05) is 136 Å². The molecule has 0 radical (unpaired) electrons. The van der Waals surface area contributed by atoms with Crippen LogP contribution in [0.2, 0.25) is 0 Å². The van der Waals surface area contributed by atoms with Gasteiger partial charge in [-0.15, -0.1) is 0 Å². The second-order valence-corrected chi connectivity index (χ2v) is 32.2. The molecule has 0 bridgehead atoms. The van der Waals surface area contributed by atoms with Crippen LogP contribution in [0.15, 0.2) is 42.5 Å². The molecule has 4 N–H and O–H groups in total. The van der Waals surface area contributed by atoms with Crippen LogP contribution in [0.3, 0.4) is 0 Å². The number of likely N-dealkylation sites (tertiary alicyclic amines) is 2. The molecule has 2 aliphatic carbocycles. The summed E-state index contributed by atoms with van der Waals surface area (Å²) in [7, 11) is 10.0. The van der Waals surface area contributed by atoms with Gasteiger partial charge in [0.15, 0.2) is 0 Å². The molecule has 608 valence electrons. The van der Waals surface area contributed by atoms with Crippen LogP contribution in [0.1, 0.15) is 193 Å². The summed E-state index contributed by atoms with van der Waals surface area (Å²) in [5.74, 6) is -9.76. The number of carbonyl (C=O) groups is 12. The van der Waals surface area contributed by atoms with E-state index in [4.69, 9.17) is 10.5 Å². The number of benzene rings is 2. The Hall–Kier alpha value is -8.24. The van der Waals surface area contributed by atoms with Crippen molar-refractivity contribution in [2.75, 3.05) is 88.6 Å². The van der Waals surface area contributed by atoms with Crippen molar-refractivity contribution in [3.63, 3.8) is 0 Å². The number of primary amides is 1. The summed E-state index contributed by atoms with van der Waals surface area (Å²) in [4.78, 5) is 186. The van der Waals surface area contributed by atoms with Crippen molar-refractivity contribution in [2.24, 2.45) is 35.3 Å². The summed E-state index contributed by atoms with van der Waals surface area (Å²) < 4.78 is 63.4. The molecular formula is C80H122F4N12O13. The maximum Gasteiger partial charge on any atom is 0.419 e. The fourth-order valence-electron chi connectivity index (χ4n) is 15.6. The molecule has 0 aromatic heterocycles. The first kappa shape index (κ1) is 89.7. The summed E-state index contributed by atoms with van der Waals surface area (Å²) in [5.41, 5.74) is 4.32. The number of likely N-dealkylation sites (N-methyl/N-ethyl adjacent to an activating group) is 7. The number of hydrogen-bond acceptors (Lipinski definition) is 13. The Bertz CT molecular complexity index is 3510. The van der Waals surface area contributed by atoms with Gasteiger partial charge in [-0.2, -0.15) is 13.2 Å². The fraction of sp³-hybridized carbons (Fsp3) is 0.700. The van der Waals surface area contributed by atoms with E-state index in [-0.39, 0.29) is 112 Å². The van der Waals surface area contributed by atoms with E-state index in [9.17, 15) is 51.5 Å². The highest BCUT2D eigenvalue weighted by atomic mass is 19.4. The highest BCUT2D eigenvalue weighted by Gasteiger charge is 2.51. The molecule has 0 spiro atoms. The number of piperidine rings is 1. The summed E-state index contributed by atoms with van der Waals surface area (Å²) in [6, 6.07) is 1.99. The minimum absolute atomic E-state index is 0.0121. The van der Waals surface area contributed by atoms with Gasteiger partial charge in [0.25, 0.3) is 0 Å². The van der Waals surface area contributed by atoms with Gasteiger partial charge in [-0.05, 0) is 118 Å². The number of ether oxygens (including phenoxy) is 1. The third-order valence-corrected chi connectivity index (χ3v) is 22.7. The number of hydrogen-bond donors (Lipinski definition) is 3. The highest BCUT2D eigenvalue weighted by molar-refractivity contribution is 6.00. The van der Waals surface area contributed by atoms with E-state index >= 15 is 23.6 Å². The zero-order chi connectivity index (χ0) is 81.1. The second-order valence-electron chi connectivity index (χ2n) is 32.2. The van der Waals surface area contributed by atoms with Gasteiger partial charge in [0.2, 0.25) is 70.9 Å². The van der Waals surface area contributed by atoms with E-state index in [2.05, 4.69) is 10.6 Å². The molecule has 4 aliphatic rings. The van der Waals surface area contributed by atoms with Crippen LogP contribution in [0.5, 0.6) is 0 Å². The van der Waals surface area contributed by atoms with Crippen LogP contribution in [0.4, 0.5) is 17.6 Å². The average molecular weight is 1540 g/mol. The molecule has 9 atom stereocenters. The molecule has 109 heavy (non-hydrogen) atoms. The molecule has 2 heterocycles. The number of amides is 12.